The smallest absolute Gasteiger partial charge is 0.282 e. The van der Waals surface area contributed by atoms with Crippen molar-refractivity contribution in [1.29, 1.82) is 0 Å². The molecule has 0 atom stereocenters. The van der Waals surface area contributed by atoms with Crippen LogP contribution in [0.15, 0.2) is 78.5 Å². The minimum atomic E-state index is -0.424. The zero-order valence-electron chi connectivity index (χ0n) is 17.2. The molecule has 0 radical (unpaired) electrons. The van der Waals surface area contributed by atoms with Gasteiger partial charge in [-0.25, -0.2) is 4.90 Å². The third-order valence-electron chi connectivity index (χ3n) is 5.08. The lowest BCUT2D eigenvalue weighted by Crippen LogP contribution is -2.32. The van der Waals surface area contributed by atoms with E-state index in [2.05, 4.69) is 5.32 Å². The van der Waals surface area contributed by atoms with Gasteiger partial charge in [-0.2, -0.15) is 0 Å². The quantitative estimate of drug-likeness (QED) is 0.526. The van der Waals surface area contributed by atoms with Crippen molar-refractivity contribution in [2.45, 2.75) is 13.8 Å². The highest BCUT2D eigenvalue weighted by atomic mass is 35.5. The number of carbonyl (C=O) groups excluding carboxylic acids is 2. The van der Waals surface area contributed by atoms with Crippen LogP contribution in [-0.4, -0.2) is 18.4 Å². The Hall–Kier alpha value is -3.57. The van der Waals surface area contributed by atoms with E-state index in [1.165, 1.54) is 4.90 Å². The second-order valence-electron chi connectivity index (χ2n) is 7.03. The predicted octanol–water partition coefficient (Wildman–Crippen LogP) is 5.44. The highest BCUT2D eigenvalue weighted by Crippen LogP contribution is 2.35. The van der Waals surface area contributed by atoms with E-state index in [0.29, 0.717) is 39.9 Å². The number of imide groups is 1. The number of nitrogens with zero attached hydrogens (tertiary/aromatic N) is 1. The van der Waals surface area contributed by atoms with Crippen molar-refractivity contribution in [3.8, 4) is 5.75 Å². The van der Waals surface area contributed by atoms with Crippen molar-refractivity contribution in [2.75, 3.05) is 16.8 Å². The molecule has 1 N–H and O–H groups in total. The van der Waals surface area contributed by atoms with Gasteiger partial charge in [0.05, 0.1) is 17.9 Å². The molecular formula is C25H21ClN2O3. The zero-order chi connectivity index (χ0) is 22.0. The number of rotatable bonds is 6. The van der Waals surface area contributed by atoms with Gasteiger partial charge in [0.15, 0.2) is 0 Å². The van der Waals surface area contributed by atoms with Crippen molar-refractivity contribution in [2.24, 2.45) is 0 Å². The third kappa shape index (κ3) is 3.92. The number of hydrogen-bond acceptors (Lipinski definition) is 4. The Morgan fingerprint density at radius 3 is 2.29 bits per heavy atom. The summed E-state index contributed by atoms with van der Waals surface area (Å²) in [5.41, 5.74) is 3.15. The van der Waals surface area contributed by atoms with Gasteiger partial charge >= 0.3 is 0 Å². The summed E-state index contributed by atoms with van der Waals surface area (Å²) in [6.45, 7) is 4.29. The second kappa shape index (κ2) is 8.66. The number of anilines is 2. The Balaban J connectivity index is 1.78. The zero-order valence-corrected chi connectivity index (χ0v) is 17.9. The van der Waals surface area contributed by atoms with Crippen molar-refractivity contribution >= 4 is 40.4 Å². The van der Waals surface area contributed by atoms with Crippen molar-refractivity contribution < 1.29 is 14.3 Å². The fourth-order valence-corrected chi connectivity index (χ4v) is 3.66. The van der Waals surface area contributed by atoms with E-state index in [0.717, 1.165) is 5.56 Å². The molecule has 1 heterocycles. The molecule has 0 fully saturated rings. The van der Waals surface area contributed by atoms with Gasteiger partial charge in [-0.3, -0.25) is 9.59 Å². The Labute approximate surface area is 185 Å². The predicted molar refractivity (Wildman–Crippen MR) is 123 cm³/mol. The van der Waals surface area contributed by atoms with Crippen LogP contribution in [0, 0.1) is 6.92 Å². The SMILES string of the molecule is CCOc1ccc(N2C(=O)C(Nc3cccc(Cl)c3C)=C(c3ccccc3)C2=O)cc1. The van der Waals surface area contributed by atoms with Crippen LogP contribution in [0.5, 0.6) is 5.75 Å². The summed E-state index contributed by atoms with van der Waals surface area (Å²) in [4.78, 5) is 28.0. The van der Waals surface area contributed by atoms with Crippen molar-refractivity contribution in [1.82, 2.24) is 0 Å². The van der Waals surface area contributed by atoms with Crippen LogP contribution in [0.25, 0.3) is 5.57 Å². The van der Waals surface area contributed by atoms with E-state index in [1.54, 1.807) is 36.4 Å². The molecule has 3 aromatic carbocycles. The molecule has 2 amide bonds. The maximum atomic E-state index is 13.4. The van der Waals surface area contributed by atoms with Crippen molar-refractivity contribution in [3.63, 3.8) is 0 Å². The summed E-state index contributed by atoms with van der Waals surface area (Å²) in [5, 5.41) is 3.74. The van der Waals surface area contributed by atoms with E-state index in [-0.39, 0.29) is 11.6 Å². The van der Waals surface area contributed by atoms with Crippen LogP contribution in [0.2, 0.25) is 5.02 Å². The van der Waals surface area contributed by atoms with Gasteiger partial charge in [0, 0.05) is 10.7 Å². The molecule has 5 nitrogen and oxygen atoms in total. The number of hydrogen-bond donors (Lipinski definition) is 1. The van der Waals surface area contributed by atoms with Gasteiger partial charge in [-0.1, -0.05) is 48.0 Å². The van der Waals surface area contributed by atoms with E-state index in [1.807, 2.05) is 50.2 Å². The number of amides is 2. The van der Waals surface area contributed by atoms with E-state index in [9.17, 15) is 9.59 Å². The van der Waals surface area contributed by atoms with Crippen molar-refractivity contribution in [3.05, 3.63) is 94.6 Å². The molecule has 0 saturated carbocycles. The summed E-state index contributed by atoms with van der Waals surface area (Å²) in [5.74, 6) is -0.135. The number of benzene rings is 3. The molecule has 31 heavy (non-hydrogen) atoms. The molecule has 3 aromatic rings. The van der Waals surface area contributed by atoms with E-state index in [4.69, 9.17) is 16.3 Å². The molecule has 156 valence electrons. The molecule has 1 aliphatic heterocycles. The molecule has 4 rings (SSSR count). The van der Waals surface area contributed by atoms with Gasteiger partial charge in [-0.15, -0.1) is 0 Å². The van der Waals surface area contributed by atoms with Crippen LogP contribution in [-0.2, 0) is 9.59 Å². The van der Waals surface area contributed by atoms with Gasteiger partial charge in [-0.05, 0) is 61.4 Å². The Morgan fingerprint density at radius 1 is 0.903 bits per heavy atom. The maximum absolute atomic E-state index is 13.4. The summed E-state index contributed by atoms with van der Waals surface area (Å²) >= 11 is 6.25. The average Bonchev–Trinajstić information content (AvgIpc) is 3.02. The first kappa shape index (κ1) is 20.7. The first-order valence-corrected chi connectivity index (χ1v) is 10.3. The number of halogens is 1. The summed E-state index contributed by atoms with van der Waals surface area (Å²) in [7, 11) is 0. The molecule has 0 bridgehead atoms. The van der Waals surface area contributed by atoms with Crippen LogP contribution in [0.4, 0.5) is 11.4 Å². The Bertz CT molecular complexity index is 1170. The first-order chi connectivity index (χ1) is 15.0. The van der Waals surface area contributed by atoms with Gasteiger partial charge in [0.25, 0.3) is 11.8 Å². The molecule has 6 heteroatoms. The largest absolute Gasteiger partial charge is 0.494 e. The minimum absolute atomic E-state index is 0.218. The lowest BCUT2D eigenvalue weighted by Gasteiger charge is -2.16. The number of carbonyl (C=O) groups is 2. The van der Waals surface area contributed by atoms with Crippen LogP contribution >= 0.6 is 11.6 Å². The summed E-state index contributed by atoms with van der Waals surface area (Å²) < 4.78 is 5.47. The molecule has 0 aromatic heterocycles. The Kier molecular flexibility index (Phi) is 5.78. The van der Waals surface area contributed by atoms with Crippen LogP contribution in [0.1, 0.15) is 18.1 Å². The number of nitrogens with one attached hydrogen (secondary N) is 1. The fraction of sp³-hybridized carbons (Fsp3) is 0.120. The first-order valence-electron chi connectivity index (χ1n) is 9.94. The van der Waals surface area contributed by atoms with Gasteiger partial charge < -0.3 is 10.1 Å². The number of ether oxygens (including phenoxy) is 1. The second-order valence-corrected chi connectivity index (χ2v) is 7.43. The molecule has 0 spiro atoms. The maximum Gasteiger partial charge on any atom is 0.282 e. The lowest BCUT2D eigenvalue weighted by molar-refractivity contribution is -0.120. The molecule has 0 unspecified atom stereocenters. The molecule has 1 aliphatic rings. The third-order valence-corrected chi connectivity index (χ3v) is 5.49. The lowest BCUT2D eigenvalue weighted by atomic mass is 10.0. The highest BCUT2D eigenvalue weighted by Gasteiger charge is 2.40. The molecule has 0 saturated heterocycles. The van der Waals surface area contributed by atoms with E-state index >= 15 is 0 Å². The monoisotopic (exact) mass is 432 g/mol. The summed E-state index contributed by atoms with van der Waals surface area (Å²) in [6, 6.07) is 21.5. The molecule has 0 aliphatic carbocycles. The molecular weight excluding hydrogens is 412 g/mol. The fourth-order valence-electron chi connectivity index (χ4n) is 3.49. The minimum Gasteiger partial charge on any atom is -0.494 e. The topological polar surface area (TPSA) is 58.6 Å². The van der Waals surface area contributed by atoms with Gasteiger partial charge in [0.2, 0.25) is 0 Å². The van der Waals surface area contributed by atoms with E-state index < -0.39 is 5.91 Å². The standard InChI is InChI=1S/C25H21ClN2O3/c1-3-31-19-14-12-18(13-15-19)28-24(29)22(17-8-5-4-6-9-17)23(25(28)30)27-21-11-7-10-20(26)16(21)2/h4-15,27H,3H2,1-2H3. The van der Waals surface area contributed by atoms with Gasteiger partial charge in [0.1, 0.15) is 11.4 Å². The van der Waals surface area contributed by atoms with Crippen LogP contribution < -0.4 is 15.0 Å². The average molecular weight is 433 g/mol. The van der Waals surface area contributed by atoms with Crippen LogP contribution in [0.3, 0.4) is 0 Å². The Morgan fingerprint density at radius 2 is 1.61 bits per heavy atom. The highest BCUT2D eigenvalue weighted by molar-refractivity contribution is 6.46. The normalized spacial score (nSPS) is 13.7. The summed E-state index contributed by atoms with van der Waals surface area (Å²) in [6.07, 6.45) is 0.